The normalized spacial score (nSPS) is 22.1. The number of amides is 1. The first-order valence-electron chi connectivity index (χ1n) is 11.3. The van der Waals surface area contributed by atoms with Crippen LogP contribution in [0.3, 0.4) is 0 Å². The second-order valence-corrected chi connectivity index (χ2v) is 9.72. The fourth-order valence-electron chi connectivity index (χ4n) is 4.49. The first-order chi connectivity index (χ1) is 15.8. The maximum absolute atomic E-state index is 13.3. The Morgan fingerprint density at radius 2 is 1.82 bits per heavy atom. The van der Waals surface area contributed by atoms with Gasteiger partial charge in [0.05, 0.1) is 17.2 Å². The highest BCUT2D eigenvalue weighted by Crippen LogP contribution is 2.40. The van der Waals surface area contributed by atoms with Gasteiger partial charge in [-0.25, -0.2) is 0 Å². The molecule has 2 aliphatic heterocycles. The third-order valence-electron chi connectivity index (χ3n) is 6.69. The van der Waals surface area contributed by atoms with E-state index in [-0.39, 0.29) is 6.42 Å². The lowest BCUT2D eigenvalue weighted by Crippen LogP contribution is -2.37. The number of nitrogens with zero attached hydrogens (tertiary/aromatic N) is 2. The number of likely N-dealkylation sites (tertiary alicyclic amines) is 1. The first-order valence-corrected chi connectivity index (χ1v) is 12.1. The molecule has 2 heterocycles. The molecule has 1 unspecified atom stereocenters. The highest BCUT2D eigenvalue weighted by atomic mass is 35.5. The van der Waals surface area contributed by atoms with Crippen molar-refractivity contribution >= 4 is 34.8 Å². The van der Waals surface area contributed by atoms with E-state index in [1.54, 1.807) is 48.4 Å². The zero-order chi connectivity index (χ0) is 23.6. The van der Waals surface area contributed by atoms with Crippen LogP contribution in [0.25, 0.3) is 0 Å². The van der Waals surface area contributed by atoms with E-state index < -0.39 is 11.5 Å². The lowest BCUT2D eigenvalue weighted by Gasteiger charge is -2.30. The Bertz CT molecular complexity index is 1010. The summed E-state index contributed by atoms with van der Waals surface area (Å²) >= 11 is 12.1. The van der Waals surface area contributed by atoms with Gasteiger partial charge in [0.2, 0.25) is 0 Å². The van der Waals surface area contributed by atoms with Gasteiger partial charge in [-0.3, -0.25) is 9.69 Å². The molecular formula is C25H30Cl2N2O4. The van der Waals surface area contributed by atoms with E-state index in [0.29, 0.717) is 45.9 Å². The van der Waals surface area contributed by atoms with Gasteiger partial charge in [-0.1, -0.05) is 36.2 Å². The van der Waals surface area contributed by atoms with Gasteiger partial charge in [0.15, 0.2) is 17.1 Å². The number of piperidine rings is 1. The summed E-state index contributed by atoms with van der Waals surface area (Å²) in [6, 6.07) is 10.2. The number of halogens is 2. The summed E-state index contributed by atoms with van der Waals surface area (Å²) in [4.78, 5) is 17.2. The molecule has 0 bridgehead atoms. The van der Waals surface area contributed by atoms with Crippen molar-refractivity contribution in [3.05, 3.63) is 52.0 Å². The topological polar surface area (TPSA) is 62.2 Å². The van der Waals surface area contributed by atoms with Crippen molar-refractivity contribution in [1.82, 2.24) is 4.90 Å². The third-order valence-corrected chi connectivity index (χ3v) is 7.43. The zero-order valence-corrected chi connectivity index (χ0v) is 20.5. The molecule has 2 aromatic rings. The van der Waals surface area contributed by atoms with Crippen molar-refractivity contribution in [3.63, 3.8) is 0 Å². The minimum atomic E-state index is -1.65. The van der Waals surface area contributed by atoms with Crippen molar-refractivity contribution in [2.75, 3.05) is 44.8 Å². The predicted octanol–water partition coefficient (Wildman–Crippen LogP) is 4.74. The smallest absolute Gasteiger partial charge is 0.263 e. The Balaban J connectivity index is 1.47. The first kappa shape index (κ1) is 24.1. The fraction of sp³-hybridized carbons (Fsp3) is 0.480. The quantitative estimate of drug-likeness (QED) is 0.604. The van der Waals surface area contributed by atoms with E-state index >= 15 is 0 Å². The summed E-state index contributed by atoms with van der Waals surface area (Å²) in [5.41, 5.74) is -0.565. The summed E-state index contributed by atoms with van der Waals surface area (Å²) in [7, 11) is 1.60. The number of carbonyl (C=O) groups excluding carboxylic acids is 1. The number of carbonyl (C=O) groups is 1. The van der Waals surface area contributed by atoms with Gasteiger partial charge in [0.25, 0.3) is 5.91 Å². The van der Waals surface area contributed by atoms with Crippen LogP contribution in [0.4, 0.5) is 5.69 Å². The van der Waals surface area contributed by atoms with Crippen LogP contribution in [0, 0.1) is 5.92 Å². The average molecular weight is 493 g/mol. The number of aliphatic hydroxyl groups is 1. The van der Waals surface area contributed by atoms with Crippen molar-refractivity contribution in [3.8, 4) is 11.5 Å². The number of anilines is 1. The molecular weight excluding hydrogens is 463 g/mol. The van der Waals surface area contributed by atoms with Gasteiger partial charge in [0, 0.05) is 31.3 Å². The molecule has 0 aliphatic carbocycles. The van der Waals surface area contributed by atoms with Crippen LogP contribution in [0.15, 0.2) is 36.4 Å². The summed E-state index contributed by atoms with van der Waals surface area (Å²) in [5.74, 6) is 1.58. The molecule has 33 heavy (non-hydrogen) atoms. The van der Waals surface area contributed by atoms with Crippen LogP contribution >= 0.6 is 23.2 Å². The molecule has 178 valence electrons. The number of rotatable bonds is 7. The molecule has 4 rings (SSSR count). The van der Waals surface area contributed by atoms with Gasteiger partial charge in [0.1, 0.15) is 6.61 Å². The predicted molar refractivity (Wildman–Crippen MR) is 131 cm³/mol. The Hall–Kier alpha value is -1.99. The maximum Gasteiger partial charge on any atom is 0.263 e. The van der Waals surface area contributed by atoms with Crippen LogP contribution in [-0.4, -0.2) is 55.8 Å². The van der Waals surface area contributed by atoms with Gasteiger partial charge >= 0.3 is 0 Å². The molecule has 8 heteroatoms. The lowest BCUT2D eigenvalue weighted by atomic mass is 9.92. The van der Waals surface area contributed by atoms with E-state index in [1.165, 1.54) is 12.8 Å². The van der Waals surface area contributed by atoms with E-state index in [0.717, 1.165) is 25.6 Å². The number of methoxy groups -OCH3 is 1. The second-order valence-electron chi connectivity index (χ2n) is 8.90. The summed E-state index contributed by atoms with van der Waals surface area (Å²) in [6.45, 7) is 6.24. The monoisotopic (exact) mass is 492 g/mol. The minimum Gasteiger partial charge on any atom is -0.493 e. The lowest BCUT2D eigenvalue weighted by molar-refractivity contribution is -0.133. The van der Waals surface area contributed by atoms with Crippen molar-refractivity contribution < 1.29 is 19.4 Å². The standard InChI is InChI=1S/C25H30Cl2N2O4/c1-17-7-10-28(11-8-17)13-14-33-23-16-19(4-6-22(23)32-2)29-12-9-25(31,24(29)30)18-3-5-20(26)21(27)15-18/h3-6,15-17,31H,7-14H2,1-2H3. The van der Waals surface area contributed by atoms with Crippen molar-refractivity contribution in [2.45, 2.75) is 31.8 Å². The van der Waals surface area contributed by atoms with Crippen LogP contribution in [0.2, 0.25) is 10.0 Å². The van der Waals surface area contributed by atoms with Crippen molar-refractivity contribution in [1.29, 1.82) is 0 Å². The van der Waals surface area contributed by atoms with Crippen LogP contribution in [0.5, 0.6) is 11.5 Å². The summed E-state index contributed by atoms with van der Waals surface area (Å²) in [5, 5.41) is 11.9. The van der Waals surface area contributed by atoms with Crippen LogP contribution in [0.1, 0.15) is 31.7 Å². The SMILES string of the molecule is COc1ccc(N2CCC(O)(c3ccc(Cl)c(Cl)c3)C2=O)cc1OCCN1CCC(C)CC1. The van der Waals surface area contributed by atoms with E-state index in [2.05, 4.69) is 11.8 Å². The Kier molecular flexibility index (Phi) is 7.39. The molecule has 2 fully saturated rings. The molecule has 0 radical (unpaired) electrons. The van der Waals surface area contributed by atoms with Crippen LogP contribution in [-0.2, 0) is 10.4 Å². The third kappa shape index (κ3) is 5.09. The molecule has 2 aliphatic rings. The minimum absolute atomic E-state index is 0.249. The highest BCUT2D eigenvalue weighted by Gasteiger charge is 2.47. The van der Waals surface area contributed by atoms with E-state index in [9.17, 15) is 9.90 Å². The Morgan fingerprint density at radius 1 is 1.06 bits per heavy atom. The van der Waals surface area contributed by atoms with Gasteiger partial charge < -0.3 is 19.5 Å². The molecule has 2 aromatic carbocycles. The zero-order valence-electron chi connectivity index (χ0n) is 19.0. The molecule has 1 atom stereocenters. The molecule has 2 saturated heterocycles. The average Bonchev–Trinajstić information content (AvgIpc) is 3.12. The number of hydrogen-bond donors (Lipinski definition) is 1. The summed E-state index contributed by atoms with van der Waals surface area (Å²) < 4.78 is 11.5. The molecule has 1 amide bonds. The van der Waals surface area contributed by atoms with E-state index in [1.807, 2.05) is 0 Å². The van der Waals surface area contributed by atoms with Crippen molar-refractivity contribution in [2.24, 2.45) is 5.92 Å². The molecule has 0 spiro atoms. The molecule has 0 saturated carbocycles. The Morgan fingerprint density at radius 3 is 2.52 bits per heavy atom. The molecule has 0 aromatic heterocycles. The second kappa shape index (κ2) is 10.1. The highest BCUT2D eigenvalue weighted by molar-refractivity contribution is 6.42. The van der Waals surface area contributed by atoms with E-state index in [4.69, 9.17) is 32.7 Å². The van der Waals surface area contributed by atoms with Gasteiger partial charge in [-0.15, -0.1) is 0 Å². The van der Waals surface area contributed by atoms with Gasteiger partial charge in [-0.05, 0) is 61.7 Å². The maximum atomic E-state index is 13.3. The fourth-order valence-corrected chi connectivity index (χ4v) is 4.79. The number of benzene rings is 2. The molecule has 6 nitrogen and oxygen atoms in total. The van der Waals surface area contributed by atoms with Crippen LogP contribution < -0.4 is 14.4 Å². The Labute approximate surface area is 205 Å². The molecule has 1 N–H and O–H groups in total. The largest absolute Gasteiger partial charge is 0.493 e. The number of hydrogen-bond acceptors (Lipinski definition) is 5. The number of ether oxygens (including phenoxy) is 2. The van der Waals surface area contributed by atoms with Gasteiger partial charge in [-0.2, -0.15) is 0 Å². The summed E-state index contributed by atoms with van der Waals surface area (Å²) in [6.07, 6.45) is 2.69.